The van der Waals surface area contributed by atoms with Crippen molar-refractivity contribution in [1.82, 2.24) is 5.43 Å². The van der Waals surface area contributed by atoms with Crippen LogP contribution in [0.1, 0.15) is 17.4 Å². The van der Waals surface area contributed by atoms with Crippen LogP contribution >= 0.6 is 23.2 Å². The Morgan fingerprint density at radius 2 is 1.85 bits per heavy atom. The summed E-state index contributed by atoms with van der Waals surface area (Å²) in [6.45, 7) is 0. The molecule has 1 heterocycles. The van der Waals surface area contributed by atoms with E-state index in [0.29, 0.717) is 32.7 Å². The van der Waals surface area contributed by atoms with E-state index in [2.05, 4.69) is 10.5 Å². The molecule has 26 heavy (non-hydrogen) atoms. The van der Waals surface area contributed by atoms with Gasteiger partial charge in [-0.05, 0) is 29.8 Å². The average molecular weight is 389 g/mol. The lowest BCUT2D eigenvalue weighted by atomic mass is 10.1. The maximum absolute atomic E-state index is 11.9. The van der Waals surface area contributed by atoms with Crippen molar-refractivity contribution in [2.24, 2.45) is 5.10 Å². The Kier molecular flexibility index (Phi) is 5.73. The van der Waals surface area contributed by atoms with Crippen molar-refractivity contribution in [3.8, 4) is 11.3 Å². The summed E-state index contributed by atoms with van der Waals surface area (Å²) in [7, 11) is 0. The fourth-order valence-electron chi connectivity index (χ4n) is 2.27. The summed E-state index contributed by atoms with van der Waals surface area (Å²) < 4.78 is 5.63. The number of nitrogens with zero attached hydrogens (tertiary/aromatic N) is 1. The van der Waals surface area contributed by atoms with Crippen molar-refractivity contribution < 1.29 is 14.3 Å². The molecule has 3 aromatic rings. The van der Waals surface area contributed by atoms with Crippen molar-refractivity contribution in [3.05, 3.63) is 82.0 Å². The topological polar surface area (TPSA) is 74.8 Å². The van der Waals surface area contributed by atoms with Crippen LogP contribution in [0.2, 0.25) is 10.0 Å². The smallest absolute Gasteiger partial charge is 0.273 e. The third kappa shape index (κ3) is 4.14. The molecule has 132 valence electrons. The van der Waals surface area contributed by atoms with Crippen LogP contribution in [0.3, 0.4) is 0 Å². The predicted molar refractivity (Wildman–Crippen MR) is 101 cm³/mol. The van der Waals surface area contributed by atoms with Crippen LogP contribution in [0.4, 0.5) is 0 Å². The predicted octanol–water partition coefficient (Wildman–Crippen LogP) is 4.44. The fraction of sp³-hybridized carbons (Fsp3) is 0.0526. The Morgan fingerprint density at radius 3 is 2.62 bits per heavy atom. The van der Waals surface area contributed by atoms with E-state index in [4.69, 9.17) is 27.6 Å². The van der Waals surface area contributed by atoms with Gasteiger partial charge in [0.25, 0.3) is 5.91 Å². The van der Waals surface area contributed by atoms with Crippen molar-refractivity contribution >= 4 is 35.3 Å². The molecule has 0 bridgehead atoms. The molecule has 0 aliphatic rings. The maximum atomic E-state index is 11.9. The zero-order valence-corrected chi connectivity index (χ0v) is 14.9. The molecule has 7 heteroatoms. The van der Waals surface area contributed by atoms with Crippen molar-refractivity contribution in [3.63, 3.8) is 0 Å². The summed E-state index contributed by atoms with van der Waals surface area (Å²) in [6.07, 6.45) is 0.0307. The molecule has 2 aromatic carbocycles. The van der Waals surface area contributed by atoms with Gasteiger partial charge in [0.2, 0.25) is 0 Å². The number of amides is 1. The van der Waals surface area contributed by atoms with Crippen molar-refractivity contribution in [2.75, 3.05) is 0 Å². The number of halogens is 2. The number of nitrogens with one attached hydrogen (secondary N) is 1. The highest BCUT2D eigenvalue weighted by atomic mass is 35.5. The second kappa shape index (κ2) is 8.19. The number of aliphatic hydroxyl groups excluding tert-OH is 1. The number of furan rings is 1. The van der Waals surface area contributed by atoms with Crippen LogP contribution in [-0.4, -0.2) is 17.2 Å². The molecule has 0 spiro atoms. The molecule has 1 aromatic heterocycles. The third-order valence-corrected chi connectivity index (χ3v) is 4.39. The molecule has 0 aliphatic heterocycles. The molecule has 0 radical (unpaired) electrons. The summed E-state index contributed by atoms with van der Waals surface area (Å²) in [4.78, 5) is 11.9. The molecular weight excluding hydrogens is 375 g/mol. The number of rotatable bonds is 5. The number of hydrogen-bond donors (Lipinski definition) is 2. The highest BCUT2D eigenvalue weighted by molar-refractivity contribution is 6.43. The third-order valence-electron chi connectivity index (χ3n) is 3.57. The van der Waals surface area contributed by atoms with Gasteiger partial charge in [0.1, 0.15) is 11.5 Å². The number of benzene rings is 2. The SMILES string of the molecule is O=C(NN=Cc1ccc(-c2cccc(Cl)c2Cl)o1)[C@@H](O)c1ccccc1. The van der Waals surface area contributed by atoms with Gasteiger partial charge in [0, 0.05) is 5.56 Å². The average Bonchev–Trinajstić information content (AvgIpc) is 3.12. The summed E-state index contributed by atoms with van der Waals surface area (Å²) in [5.74, 6) is 0.289. The van der Waals surface area contributed by atoms with Crippen molar-refractivity contribution in [1.29, 1.82) is 0 Å². The van der Waals surface area contributed by atoms with E-state index in [1.807, 2.05) is 0 Å². The lowest BCUT2D eigenvalue weighted by Crippen LogP contribution is -2.25. The maximum Gasteiger partial charge on any atom is 0.273 e. The van der Waals surface area contributed by atoms with E-state index >= 15 is 0 Å². The molecule has 3 rings (SSSR count). The Labute approximate surface area is 159 Å². The van der Waals surface area contributed by atoms with Crippen LogP contribution in [0.25, 0.3) is 11.3 Å². The van der Waals surface area contributed by atoms with Crippen molar-refractivity contribution in [2.45, 2.75) is 6.10 Å². The normalized spacial score (nSPS) is 12.3. The molecular formula is C19H14Cl2N2O3. The number of aliphatic hydroxyl groups is 1. The van der Waals surface area contributed by atoms with Crippen LogP contribution < -0.4 is 5.43 Å². The summed E-state index contributed by atoms with van der Waals surface area (Å²) in [5, 5.41) is 14.6. The molecule has 0 aliphatic carbocycles. The first-order chi connectivity index (χ1) is 12.6. The highest BCUT2D eigenvalue weighted by Crippen LogP contribution is 2.34. The number of carbonyl (C=O) groups excluding carboxylic acids is 1. The van der Waals surface area contributed by atoms with E-state index in [9.17, 15) is 9.90 Å². The van der Waals surface area contributed by atoms with Gasteiger partial charge >= 0.3 is 0 Å². The first-order valence-corrected chi connectivity index (χ1v) is 8.42. The minimum absolute atomic E-state index is 0.395. The Morgan fingerprint density at radius 1 is 1.08 bits per heavy atom. The van der Waals surface area contributed by atoms with Crippen LogP contribution in [0.15, 0.2) is 70.2 Å². The Balaban J connectivity index is 1.66. The summed E-state index contributed by atoms with van der Waals surface area (Å²) >= 11 is 12.2. The molecule has 0 unspecified atom stereocenters. The van der Waals surface area contributed by atoms with Gasteiger partial charge in [0.05, 0.1) is 16.3 Å². The summed E-state index contributed by atoms with van der Waals surface area (Å²) in [5.41, 5.74) is 3.41. The van der Waals surface area contributed by atoms with Gasteiger partial charge in [-0.2, -0.15) is 5.10 Å². The molecule has 2 N–H and O–H groups in total. The largest absolute Gasteiger partial charge is 0.455 e. The van der Waals surface area contributed by atoms with Gasteiger partial charge in [-0.25, -0.2) is 5.43 Å². The lowest BCUT2D eigenvalue weighted by molar-refractivity contribution is -0.129. The van der Waals surface area contributed by atoms with Crippen LogP contribution in [0, 0.1) is 0 Å². The van der Waals surface area contributed by atoms with Gasteiger partial charge in [-0.15, -0.1) is 0 Å². The van der Waals surface area contributed by atoms with E-state index in [1.54, 1.807) is 60.7 Å². The molecule has 0 fully saturated rings. The van der Waals surface area contributed by atoms with Crippen LogP contribution in [-0.2, 0) is 4.79 Å². The van der Waals surface area contributed by atoms with Gasteiger partial charge < -0.3 is 9.52 Å². The first kappa shape index (κ1) is 18.2. The quantitative estimate of drug-likeness (QED) is 0.501. The minimum Gasteiger partial charge on any atom is -0.455 e. The molecule has 0 saturated heterocycles. The van der Waals surface area contributed by atoms with Crippen LogP contribution in [0.5, 0.6) is 0 Å². The summed E-state index contributed by atoms with van der Waals surface area (Å²) in [6, 6.07) is 17.2. The zero-order valence-electron chi connectivity index (χ0n) is 13.4. The second-order valence-electron chi connectivity index (χ2n) is 5.35. The number of hydrogen-bond acceptors (Lipinski definition) is 4. The van der Waals surface area contributed by atoms with E-state index in [1.165, 1.54) is 6.21 Å². The van der Waals surface area contributed by atoms with E-state index < -0.39 is 12.0 Å². The fourth-order valence-corrected chi connectivity index (χ4v) is 2.66. The molecule has 5 nitrogen and oxygen atoms in total. The Bertz CT molecular complexity index is 939. The standard InChI is InChI=1S/C19H14Cl2N2O3/c20-15-8-4-7-14(17(15)21)16-10-9-13(26-16)11-22-23-19(25)18(24)12-5-2-1-3-6-12/h1-11,18,24H,(H,23,25)/t18-/m0/s1. The lowest BCUT2D eigenvalue weighted by Gasteiger charge is -2.08. The first-order valence-electron chi connectivity index (χ1n) is 7.66. The van der Waals surface area contributed by atoms with E-state index in [-0.39, 0.29) is 0 Å². The second-order valence-corrected chi connectivity index (χ2v) is 6.14. The molecule has 1 amide bonds. The number of hydrazone groups is 1. The Hall–Kier alpha value is -2.60. The van der Waals surface area contributed by atoms with Gasteiger partial charge in [-0.1, -0.05) is 59.6 Å². The highest BCUT2D eigenvalue weighted by Gasteiger charge is 2.16. The minimum atomic E-state index is -1.30. The van der Waals surface area contributed by atoms with Gasteiger partial charge in [-0.3, -0.25) is 4.79 Å². The monoisotopic (exact) mass is 388 g/mol. The number of carbonyl (C=O) groups is 1. The van der Waals surface area contributed by atoms with E-state index in [0.717, 1.165) is 0 Å². The van der Waals surface area contributed by atoms with Gasteiger partial charge in [0.15, 0.2) is 6.10 Å². The molecule has 0 saturated carbocycles. The molecule has 1 atom stereocenters. The zero-order chi connectivity index (χ0) is 18.5.